The van der Waals surface area contributed by atoms with E-state index in [1.807, 2.05) is 30.5 Å². The van der Waals surface area contributed by atoms with E-state index in [2.05, 4.69) is 4.40 Å². The lowest BCUT2D eigenvalue weighted by Gasteiger charge is -2.08. The smallest absolute Gasteiger partial charge is 0.282 e. The van der Waals surface area contributed by atoms with Crippen LogP contribution in [-0.4, -0.2) is 34.1 Å². The molecule has 0 unspecified atom stereocenters. The van der Waals surface area contributed by atoms with Gasteiger partial charge in [-0.1, -0.05) is 18.2 Å². The van der Waals surface area contributed by atoms with Crippen LogP contribution in [0.15, 0.2) is 56.7 Å². The Labute approximate surface area is 145 Å². The highest BCUT2D eigenvalue weighted by molar-refractivity contribution is 7.98. The molecule has 24 heavy (non-hydrogen) atoms. The summed E-state index contributed by atoms with van der Waals surface area (Å²) in [5.41, 5.74) is 0.767. The Morgan fingerprint density at radius 2 is 1.83 bits per heavy atom. The molecule has 0 atom stereocenters. The second kappa shape index (κ2) is 7.27. The van der Waals surface area contributed by atoms with Crippen molar-refractivity contribution in [2.24, 2.45) is 4.40 Å². The van der Waals surface area contributed by atoms with Crippen LogP contribution in [0.4, 0.5) is 0 Å². The zero-order valence-corrected chi connectivity index (χ0v) is 14.8. The highest BCUT2D eigenvalue weighted by Gasteiger charge is 2.17. The Balaban J connectivity index is 1.90. The summed E-state index contributed by atoms with van der Waals surface area (Å²) in [6.07, 6.45) is 4.08. The molecular weight excluding hydrogens is 346 g/mol. The van der Waals surface area contributed by atoms with Crippen LogP contribution >= 0.6 is 11.8 Å². The molecule has 1 aliphatic rings. The van der Waals surface area contributed by atoms with Crippen LogP contribution < -0.4 is 9.47 Å². The van der Waals surface area contributed by atoms with Crippen molar-refractivity contribution in [1.82, 2.24) is 0 Å². The van der Waals surface area contributed by atoms with Crippen molar-refractivity contribution < 1.29 is 17.9 Å². The van der Waals surface area contributed by atoms with Crippen LogP contribution in [0.25, 0.3) is 0 Å². The minimum atomic E-state index is -3.80. The van der Waals surface area contributed by atoms with Crippen LogP contribution in [0.3, 0.4) is 0 Å². The zero-order chi connectivity index (χ0) is 17.0. The molecule has 0 N–H and O–H groups in total. The summed E-state index contributed by atoms with van der Waals surface area (Å²) in [5.74, 6) is 0.997. The maximum Gasteiger partial charge on any atom is 0.282 e. The number of benzene rings is 2. The standard InChI is InChI=1S/C17H17NO4S2/c1-23-17-6-3-2-5-13(17)12-18-24(19,20)14-7-8-15-16(11-14)22-10-4-9-21-15/h2-3,5-8,11-12H,4,9-10H2,1H3/b18-12+. The number of hydrogen-bond donors (Lipinski definition) is 0. The van der Waals surface area contributed by atoms with Gasteiger partial charge in [0, 0.05) is 29.2 Å². The molecule has 2 aromatic rings. The van der Waals surface area contributed by atoms with E-state index < -0.39 is 10.0 Å². The van der Waals surface area contributed by atoms with E-state index in [0.717, 1.165) is 16.9 Å². The van der Waals surface area contributed by atoms with Crippen molar-refractivity contribution >= 4 is 28.0 Å². The molecule has 0 saturated carbocycles. The van der Waals surface area contributed by atoms with E-state index in [4.69, 9.17) is 9.47 Å². The average molecular weight is 363 g/mol. The van der Waals surface area contributed by atoms with Crippen LogP contribution in [-0.2, 0) is 10.0 Å². The molecule has 0 aromatic heterocycles. The molecule has 1 heterocycles. The van der Waals surface area contributed by atoms with Gasteiger partial charge < -0.3 is 9.47 Å². The van der Waals surface area contributed by atoms with E-state index in [1.54, 1.807) is 17.8 Å². The second-order valence-electron chi connectivity index (χ2n) is 5.11. The average Bonchev–Trinajstić information content (AvgIpc) is 2.85. The Kier molecular flexibility index (Phi) is 5.11. The molecule has 5 nitrogen and oxygen atoms in total. The molecule has 0 fully saturated rings. The zero-order valence-electron chi connectivity index (χ0n) is 13.1. The molecule has 0 saturated heterocycles. The minimum absolute atomic E-state index is 0.0876. The summed E-state index contributed by atoms with van der Waals surface area (Å²) in [6, 6.07) is 12.1. The summed E-state index contributed by atoms with van der Waals surface area (Å²) < 4.78 is 39.8. The number of fused-ring (bicyclic) bond motifs is 1. The molecule has 0 spiro atoms. The van der Waals surface area contributed by atoms with Crippen molar-refractivity contribution in [3.8, 4) is 11.5 Å². The lowest BCUT2D eigenvalue weighted by Crippen LogP contribution is -2.00. The fourth-order valence-corrected chi connectivity index (χ4v) is 3.71. The largest absolute Gasteiger partial charge is 0.490 e. The monoisotopic (exact) mass is 363 g/mol. The summed E-state index contributed by atoms with van der Waals surface area (Å²) in [5, 5.41) is 0. The maximum atomic E-state index is 12.5. The van der Waals surface area contributed by atoms with Crippen molar-refractivity contribution in [1.29, 1.82) is 0 Å². The van der Waals surface area contributed by atoms with Crippen LogP contribution in [0.2, 0.25) is 0 Å². The fraction of sp³-hybridized carbons (Fsp3) is 0.235. The molecule has 0 bridgehead atoms. The van der Waals surface area contributed by atoms with Gasteiger partial charge in [-0.15, -0.1) is 11.8 Å². The lowest BCUT2D eigenvalue weighted by molar-refractivity contribution is 0.297. The Hall–Kier alpha value is -1.99. The molecule has 0 radical (unpaired) electrons. The molecule has 7 heteroatoms. The Morgan fingerprint density at radius 1 is 1.08 bits per heavy atom. The number of nitrogens with zero attached hydrogens (tertiary/aromatic N) is 1. The maximum absolute atomic E-state index is 12.5. The first-order chi connectivity index (χ1) is 11.6. The number of rotatable bonds is 4. The molecule has 0 aliphatic carbocycles. The third kappa shape index (κ3) is 3.73. The quantitative estimate of drug-likeness (QED) is 0.615. The summed E-state index contributed by atoms with van der Waals surface area (Å²) in [6.45, 7) is 1.06. The van der Waals surface area contributed by atoms with E-state index in [-0.39, 0.29) is 4.90 Å². The van der Waals surface area contributed by atoms with Crippen molar-refractivity contribution in [3.05, 3.63) is 48.0 Å². The normalized spacial score (nSPS) is 14.5. The van der Waals surface area contributed by atoms with Crippen LogP contribution in [0.1, 0.15) is 12.0 Å². The van der Waals surface area contributed by atoms with Gasteiger partial charge in [-0.3, -0.25) is 0 Å². The third-order valence-corrected chi connectivity index (χ3v) is 5.53. The van der Waals surface area contributed by atoms with E-state index in [1.165, 1.54) is 18.3 Å². The first-order valence-electron chi connectivity index (χ1n) is 7.43. The van der Waals surface area contributed by atoms with Crippen molar-refractivity contribution in [2.75, 3.05) is 19.5 Å². The van der Waals surface area contributed by atoms with Gasteiger partial charge in [0.1, 0.15) is 0 Å². The van der Waals surface area contributed by atoms with Gasteiger partial charge in [0.25, 0.3) is 10.0 Å². The Bertz CT molecular complexity index is 863. The van der Waals surface area contributed by atoms with Crippen LogP contribution in [0, 0.1) is 0 Å². The first-order valence-corrected chi connectivity index (χ1v) is 10.1. The summed E-state index contributed by atoms with van der Waals surface area (Å²) in [7, 11) is -3.80. The topological polar surface area (TPSA) is 65.0 Å². The van der Waals surface area contributed by atoms with Gasteiger partial charge >= 0.3 is 0 Å². The van der Waals surface area contributed by atoms with Crippen molar-refractivity contribution in [2.45, 2.75) is 16.2 Å². The number of hydrogen-bond acceptors (Lipinski definition) is 5. The van der Waals surface area contributed by atoms with E-state index in [9.17, 15) is 8.42 Å². The van der Waals surface area contributed by atoms with Gasteiger partial charge in [0.05, 0.1) is 18.1 Å². The molecule has 1 aliphatic heterocycles. The van der Waals surface area contributed by atoms with Crippen LogP contribution in [0.5, 0.6) is 11.5 Å². The number of sulfonamides is 1. The summed E-state index contributed by atoms with van der Waals surface area (Å²) in [4.78, 5) is 1.06. The van der Waals surface area contributed by atoms with E-state index >= 15 is 0 Å². The lowest BCUT2D eigenvalue weighted by atomic mass is 10.2. The predicted octanol–water partition coefficient (Wildman–Crippen LogP) is 3.38. The highest BCUT2D eigenvalue weighted by atomic mass is 32.2. The SMILES string of the molecule is CSc1ccccc1/C=N/S(=O)(=O)c1ccc2c(c1)OCCCO2. The second-order valence-corrected chi connectivity index (χ2v) is 7.59. The Morgan fingerprint density at radius 3 is 2.62 bits per heavy atom. The fourth-order valence-electron chi connectivity index (χ4n) is 2.26. The summed E-state index contributed by atoms with van der Waals surface area (Å²) >= 11 is 1.54. The number of ether oxygens (including phenoxy) is 2. The molecule has 126 valence electrons. The van der Waals surface area contributed by atoms with Crippen molar-refractivity contribution in [3.63, 3.8) is 0 Å². The minimum Gasteiger partial charge on any atom is -0.490 e. The van der Waals surface area contributed by atoms with Gasteiger partial charge in [-0.05, 0) is 24.5 Å². The highest BCUT2D eigenvalue weighted by Crippen LogP contribution is 2.32. The third-order valence-electron chi connectivity index (χ3n) is 3.49. The predicted molar refractivity (Wildman–Crippen MR) is 95.1 cm³/mol. The van der Waals surface area contributed by atoms with Gasteiger partial charge in [0.15, 0.2) is 11.5 Å². The number of thioether (sulfide) groups is 1. The van der Waals surface area contributed by atoms with E-state index in [0.29, 0.717) is 24.7 Å². The van der Waals surface area contributed by atoms with Gasteiger partial charge in [0.2, 0.25) is 0 Å². The first kappa shape index (κ1) is 16.9. The molecule has 0 amide bonds. The molecule has 3 rings (SSSR count). The molecule has 2 aromatic carbocycles. The molecular formula is C17H17NO4S2. The van der Waals surface area contributed by atoms with Gasteiger partial charge in [-0.25, -0.2) is 0 Å². The van der Waals surface area contributed by atoms with Gasteiger partial charge in [-0.2, -0.15) is 12.8 Å².